The lowest BCUT2D eigenvalue weighted by Gasteiger charge is -2.11. The maximum atomic E-state index is 4.79. The fourth-order valence-electron chi connectivity index (χ4n) is 2.69. The molecule has 4 aromatic rings. The van der Waals surface area contributed by atoms with Gasteiger partial charge in [0.2, 0.25) is 0 Å². The van der Waals surface area contributed by atoms with E-state index in [1.165, 1.54) is 26.0 Å². The van der Waals surface area contributed by atoms with Gasteiger partial charge in [0.15, 0.2) is 0 Å². The van der Waals surface area contributed by atoms with Gasteiger partial charge in [0.05, 0.1) is 11.0 Å². The van der Waals surface area contributed by atoms with Crippen molar-refractivity contribution in [2.75, 3.05) is 0 Å². The van der Waals surface area contributed by atoms with Crippen molar-refractivity contribution >= 4 is 46.9 Å². The van der Waals surface area contributed by atoms with E-state index in [2.05, 4.69) is 68.5 Å². The Morgan fingerprint density at radius 2 is 1.23 bits per heavy atom. The zero-order valence-corrected chi connectivity index (χ0v) is 13.1. The van der Waals surface area contributed by atoms with Gasteiger partial charge in [-0.3, -0.25) is 0 Å². The molecule has 0 N–H and O–H groups in total. The Bertz CT molecular complexity index is 927. The molecule has 4 rings (SSSR count). The van der Waals surface area contributed by atoms with Crippen LogP contribution in [-0.4, -0.2) is 12.8 Å². The van der Waals surface area contributed by atoms with Crippen LogP contribution in [0.1, 0.15) is 0 Å². The van der Waals surface area contributed by atoms with Crippen LogP contribution in [0.5, 0.6) is 0 Å². The van der Waals surface area contributed by atoms with Crippen LogP contribution < -0.4 is 5.46 Å². The molecule has 0 aliphatic rings. The number of rotatable bonds is 2. The van der Waals surface area contributed by atoms with Crippen LogP contribution in [0.15, 0.2) is 82.6 Å². The van der Waals surface area contributed by atoms with Crippen molar-refractivity contribution in [2.24, 2.45) is 0 Å². The zero-order valence-electron chi connectivity index (χ0n) is 12.3. The highest BCUT2D eigenvalue weighted by Gasteiger charge is 2.10. The van der Waals surface area contributed by atoms with Gasteiger partial charge in [0.25, 0.3) is 0 Å². The summed E-state index contributed by atoms with van der Waals surface area (Å²) in [5.74, 6) is 0. The van der Waals surface area contributed by atoms with E-state index >= 15 is 0 Å². The van der Waals surface area contributed by atoms with Crippen molar-refractivity contribution in [3.8, 4) is 0 Å². The molecule has 3 heteroatoms. The van der Waals surface area contributed by atoms with E-state index in [1.807, 2.05) is 23.9 Å². The second-order valence-corrected chi connectivity index (χ2v) is 6.39. The summed E-state index contributed by atoms with van der Waals surface area (Å²) in [6, 6.07) is 25.3. The van der Waals surface area contributed by atoms with Crippen LogP contribution in [0.25, 0.3) is 21.8 Å². The van der Waals surface area contributed by atoms with Crippen molar-refractivity contribution in [2.45, 2.75) is 9.79 Å². The van der Waals surface area contributed by atoms with Gasteiger partial charge in [-0.2, -0.15) is 0 Å². The Morgan fingerprint density at radius 3 is 1.86 bits per heavy atom. The lowest BCUT2D eigenvalue weighted by Crippen LogP contribution is -2.04. The first-order valence-electron chi connectivity index (χ1n) is 7.34. The number of hydrogen-bond acceptors (Lipinski definition) is 2. The molecule has 0 bridgehead atoms. The Morgan fingerprint density at radius 1 is 0.682 bits per heavy atom. The molecule has 1 aromatic heterocycles. The largest absolute Gasteiger partial charge is 0.248 e. The van der Waals surface area contributed by atoms with Gasteiger partial charge in [0.1, 0.15) is 7.85 Å². The molecule has 0 fully saturated rings. The van der Waals surface area contributed by atoms with Crippen molar-refractivity contribution in [3.63, 3.8) is 0 Å². The SMILES string of the molecule is Bc1ccccc1Sc1c2ccccc2nc2ccccc12. The van der Waals surface area contributed by atoms with Gasteiger partial charge in [-0.05, 0) is 18.2 Å². The molecule has 3 aromatic carbocycles. The predicted molar refractivity (Wildman–Crippen MR) is 98.0 cm³/mol. The lowest BCUT2D eigenvalue weighted by molar-refractivity contribution is 1.44. The summed E-state index contributed by atoms with van der Waals surface area (Å²) in [6.45, 7) is 0. The molecule has 0 spiro atoms. The molecule has 22 heavy (non-hydrogen) atoms. The number of benzene rings is 3. The smallest absolute Gasteiger partial charge is 0.140 e. The van der Waals surface area contributed by atoms with E-state index in [0.29, 0.717) is 0 Å². The molecule has 0 saturated heterocycles. The summed E-state index contributed by atoms with van der Waals surface area (Å²) in [5.41, 5.74) is 3.41. The topological polar surface area (TPSA) is 12.9 Å². The van der Waals surface area contributed by atoms with Crippen molar-refractivity contribution < 1.29 is 0 Å². The van der Waals surface area contributed by atoms with Gasteiger partial charge in [-0.25, -0.2) is 4.98 Å². The highest BCUT2D eigenvalue weighted by atomic mass is 32.2. The number of pyridine rings is 1. The quantitative estimate of drug-likeness (QED) is 0.412. The van der Waals surface area contributed by atoms with E-state index < -0.39 is 0 Å². The van der Waals surface area contributed by atoms with Crippen LogP contribution in [0.4, 0.5) is 0 Å². The minimum atomic E-state index is 1.05. The zero-order chi connectivity index (χ0) is 14.9. The third-order valence-corrected chi connectivity index (χ3v) is 5.17. The minimum Gasteiger partial charge on any atom is -0.248 e. The molecular formula is C19H14BNS. The van der Waals surface area contributed by atoms with Gasteiger partial charge >= 0.3 is 0 Å². The van der Waals surface area contributed by atoms with E-state index in [1.54, 1.807) is 0 Å². The highest BCUT2D eigenvalue weighted by molar-refractivity contribution is 8.00. The molecule has 0 radical (unpaired) electrons. The highest BCUT2D eigenvalue weighted by Crippen LogP contribution is 2.37. The molecule has 0 atom stereocenters. The van der Waals surface area contributed by atoms with Crippen LogP contribution in [0.2, 0.25) is 0 Å². The van der Waals surface area contributed by atoms with Crippen molar-refractivity contribution in [3.05, 3.63) is 72.8 Å². The summed E-state index contributed by atoms with van der Waals surface area (Å²) in [7, 11) is 2.16. The number of fused-ring (bicyclic) bond motifs is 2. The predicted octanol–water partition coefficient (Wildman–Crippen LogP) is 3.80. The molecule has 1 nitrogen and oxygen atoms in total. The lowest BCUT2D eigenvalue weighted by atomic mass is 9.97. The van der Waals surface area contributed by atoms with Crippen LogP contribution in [-0.2, 0) is 0 Å². The van der Waals surface area contributed by atoms with Crippen molar-refractivity contribution in [1.29, 1.82) is 0 Å². The fourth-order valence-corrected chi connectivity index (χ4v) is 3.85. The summed E-state index contributed by atoms with van der Waals surface area (Å²) in [5, 5.41) is 2.43. The summed E-state index contributed by atoms with van der Waals surface area (Å²) in [6.07, 6.45) is 0. The molecular weight excluding hydrogens is 285 g/mol. The summed E-state index contributed by atoms with van der Waals surface area (Å²) in [4.78, 5) is 7.37. The van der Waals surface area contributed by atoms with E-state index in [4.69, 9.17) is 4.98 Å². The summed E-state index contributed by atoms with van der Waals surface area (Å²) >= 11 is 1.83. The Hall–Kier alpha value is -2.26. The monoisotopic (exact) mass is 299 g/mol. The van der Waals surface area contributed by atoms with E-state index in [0.717, 1.165) is 11.0 Å². The van der Waals surface area contributed by atoms with Gasteiger partial charge in [-0.1, -0.05) is 71.8 Å². The molecule has 0 aliphatic carbocycles. The molecule has 0 saturated carbocycles. The van der Waals surface area contributed by atoms with Gasteiger partial charge < -0.3 is 0 Å². The van der Waals surface area contributed by atoms with Crippen LogP contribution in [0.3, 0.4) is 0 Å². The number of para-hydroxylation sites is 2. The molecule has 0 amide bonds. The van der Waals surface area contributed by atoms with Crippen LogP contribution in [0, 0.1) is 0 Å². The first-order chi connectivity index (χ1) is 10.8. The molecule has 0 unspecified atom stereocenters. The third kappa shape index (κ3) is 2.28. The average molecular weight is 299 g/mol. The second-order valence-electron chi connectivity index (χ2n) is 5.34. The van der Waals surface area contributed by atoms with Gasteiger partial charge in [-0.15, -0.1) is 0 Å². The maximum Gasteiger partial charge on any atom is 0.140 e. The first kappa shape index (κ1) is 13.4. The molecule has 0 aliphatic heterocycles. The van der Waals surface area contributed by atoms with Crippen molar-refractivity contribution in [1.82, 2.24) is 4.98 Å². The Balaban J connectivity index is 2.02. The van der Waals surface area contributed by atoms with Gasteiger partial charge in [0, 0.05) is 20.6 Å². The van der Waals surface area contributed by atoms with Crippen LogP contribution >= 0.6 is 11.8 Å². The minimum absolute atomic E-state index is 1.05. The number of nitrogens with zero attached hydrogens (tertiary/aromatic N) is 1. The second kappa shape index (κ2) is 5.50. The van der Waals surface area contributed by atoms with E-state index in [9.17, 15) is 0 Å². The average Bonchev–Trinajstić information content (AvgIpc) is 2.56. The Labute approximate surface area is 134 Å². The number of aromatic nitrogens is 1. The standard InChI is InChI=1S/C19H14BNS/c20-15-9-3-6-12-18(15)22-19-13-7-1-4-10-16(13)21-17-11-5-2-8-14(17)19/h1-12H,20H2. The Kier molecular flexibility index (Phi) is 3.36. The van der Waals surface area contributed by atoms with E-state index in [-0.39, 0.29) is 0 Å². The maximum absolute atomic E-state index is 4.79. The normalized spacial score (nSPS) is 11.1. The molecule has 104 valence electrons. The summed E-state index contributed by atoms with van der Waals surface area (Å²) < 4.78 is 0. The number of hydrogen-bond donors (Lipinski definition) is 0. The molecule has 1 heterocycles. The first-order valence-corrected chi connectivity index (χ1v) is 8.15. The fraction of sp³-hybridized carbons (Fsp3) is 0. The third-order valence-electron chi connectivity index (χ3n) is 3.84.